The smallest absolute Gasteiger partial charge is 0.229 e. The largest absolute Gasteiger partial charge is 0.486 e. The van der Waals surface area contributed by atoms with Gasteiger partial charge in [-0.25, -0.2) is 4.98 Å². The molecule has 0 spiro atoms. The minimum atomic E-state index is 0.136. The van der Waals surface area contributed by atoms with Gasteiger partial charge in [0.2, 0.25) is 5.95 Å². The molecule has 0 fully saturated rings. The summed E-state index contributed by atoms with van der Waals surface area (Å²) in [6, 6.07) is 11.7. The molecule has 1 aromatic heterocycles. The van der Waals surface area contributed by atoms with Gasteiger partial charge in [-0.1, -0.05) is 12.1 Å². The van der Waals surface area contributed by atoms with Gasteiger partial charge in [-0.05, 0) is 37.6 Å². The Morgan fingerprint density at radius 2 is 1.93 bits per heavy atom. The molecule has 0 unspecified atom stereocenters. The summed E-state index contributed by atoms with van der Waals surface area (Å²) < 4.78 is 11.4. The van der Waals surface area contributed by atoms with Crippen molar-refractivity contribution >= 4 is 28.4 Å². The minimum Gasteiger partial charge on any atom is -0.486 e. The van der Waals surface area contributed by atoms with E-state index in [1.54, 1.807) is 0 Å². The molecular weight excluding hydrogens is 344 g/mol. The van der Waals surface area contributed by atoms with Crippen molar-refractivity contribution in [3.8, 4) is 11.5 Å². The molecule has 2 aromatic carbocycles. The lowest BCUT2D eigenvalue weighted by Gasteiger charge is -2.22. The highest BCUT2D eigenvalue weighted by Crippen LogP contribution is 2.38. The van der Waals surface area contributed by atoms with Gasteiger partial charge in [-0.15, -0.1) is 0 Å². The van der Waals surface area contributed by atoms with Crippen molar-refractivity contribution < 1.29 is 14.6 Å². The zero-order valence-corrected chi connectivity index (χ0v) is 15.2. The van der Waals surface area contributed by atoms with Crippen LogP contribution in [0.4, 0.5) is 17.5 Å². The highest BCUT2D eigenvalue weighted by molar-refractivity contribution is 5.90. The number of aliphatic hydroxyl groups excluding tert-OH is 1. The molecule has 140 valence electrons. The van der Waals surface area contributed by atoms with E-state index in [2.05, 4.69) is 20.6 Å². The molecule has 1 aliphatic heterocycles. The monoisotopic (exact) mass is 366 g/mol. The van der Waals surface area contributed by atoms with Crippen molar-refractivity contribution in [3.05, 3.63) is 42.0 Å². The fraction of sp³-hybridized carbons (Fsp3) is 0.300. The van der Waals surface area contributed by atoms with Gasteiger partial charge in [0.25, 0.3) is 0 Å². The summed E-state index contributed by atoms with van der Waals surface area (Å²) in [6.07, 6.45) is 0.655. The van der Waals surface area contributed by atoms with Gasteiger partial charge < -0.3 is 25.2 Å². The highest BCUT2D eigenvalue weighted by Gasteiger charge is 2.17. The van der Waals surface area contributed by atoms with E-state index in [9.17, 15) is 0 Å². The Hall–Kier alpha value is -3.06. The van der Waals surface area contributed by atoms with Gasteiger partial charge in [0.15, 0.2) is 11.5 Å². The molecule has 1 aliphatic rings. The SMILES string of the molecule is Cc1c(Nc2nc(NCCCO)c3ccccc3n2)ccc2c1OCCO2. The van der Waals surface area contributed by atoms with Crippen molar-refractivity contribution in [2.45, 2.75) is 13.3 Å². The maximum absolute atomic E-state index is 9.03. The Balaban J connectivity index is 1.67. The van der Waals surface area contributed by atoms with E-state index >= 15 is 0 Å². The number of para-hydroxylation sites is 1. The lowest BCUT2D eigenvalue weighted by Crippen LogP contribution is -2.16. The van der Waals surface area contributed by atoms with Crippen LogP contribution in [0.5, 0.6) is 11.5 Å². The minimum absolute atomic E-state index is 0.136. The number of nitrogens with one attached hydrogen (secondary N) is 2. The van der Waals surface area contributed by atoms with E-state index < -0.39 is 0 Å². The van der Waals surface area contributed by atoms with E-state index in [4.69, 9.17) is 14.6 Å². The molecule has 7 heteroatoms. The van der Waals surface area contributed by atoms with Crippen LogP contribution in [-0.2, 0) is 0 Å². The summed E-state index contributed by atoms with van der Waals surface area (Å²) in [5.74, 6) is 2.76. The second kappa shape index (κ2) is 7.67. The standard InChI is InChI=1S/C20H22N4O3/c1-13-15(7-8-17-18(13)27-12-11-26-17)22-20-23-16-6-3-2-5-14(16)19(24-20)21-9-4-10-25/h2-3,5-8,25H,4,9-12H2,1H3,(H2,21,22,23,24). The molecule has 0 saturated heterocycles. The number of aliphatic hydroxyl groups is 1. The molecule has 0 saturated carbocycles. The van der Waals surface area contributed by atoms with E-state index in [0.717, 1.165) is 39.5 Å². The van der Waals surface area contributed by atoms with Crippen LogP contribution in [0, 0.1) is 6.92 Å². The number of anilines is 3. The molecular formula is C20H22N4O3. The lowest BCUT2D eigenvalue weighted by atomic mass is 10.1. The molecule has 0 atom stereocenters. The summed E-state index contributed by atoms with van der Waals surface area (Å²) in [7, 11) is 0. The van der Waals surface area contributed by atoms with E-state index in [1.165, 1.54) is 0 Å². The Kier molecular flexibility index (Phi) is 4.93. The summed E-state index contributed by atoms with van der Waals surface area (Å²) in [5.41, 5.74) is 2.67. The number of hydrogen-bond donors (Lipinski definition) is 3. The van der Waals surface area contributed by atoms with E-state index in [-0.39, 0.29) is 6.61 Å². The average Bonchev–Trinajstić information content (AvgIpc) is 2.70. The van der Waals surface area contributed by atoms with Crippen LogP contribution in [0.15, 0.2) is 36.4 Å². The topological polar surface area (TPSA) is 88.5 Å². The lowest BCUT2D eigenvalue weighted by molar-refractivity contribution is 0.170. The third-order valence-corrected chi connectivity index (χ3v) is 4.43. The second-order valence-corrected chi connectivity index (χ2v) is 6.30. The molecule has 2 heterocycles. The summed E-state index contributed by atoms with van der Waals surface area (Å²) in [4.78, 5) is 9.26. The maximum atomic E-state index is 9.03. The first-order valence-electron chi connectivity index (χ1n) is 9.04. The summed E-state index contributed by atoms with van der Waals surface area (Å²) in [6.45, 7) is 3.87. The van der Waals surface area contributed by atoms with Crippen LogP contribution >= 0.6 is 0 Å². The zero-order chi connectivity index (χ0) is 18.6. The summed E-state index contributed by atoms with van der Waals surface area (Å²) >= 11 is 0. The normalized spacial score (nSPS) is 12.8. The van der Waals surface area contributed by atoms with Gasteiger partial charge in [-0.2, -0.15) is 4.98 Å². The van der Waals surface area contributed by atoms with Crippen molar-refractivity contribution in [1.29, 1.82) is 0 Å². The number of rotatable bonds is 6. The second-order valence-electron chi connectivity index (χ2n) is 6.30. The predicted molar refractivity (Wildman–Crippen MR) is 105 cm³/mol. The Morgan fingerprint density at radius 3 is 2.81 bits per heavy atom. The molecule has 27 heavy (non-hydrogen) atoms. The molecule has 0 amide bonds. The number of hydrogen-bond acceptors (Lipinski definition) is 7. The maximum Gasteiger partial charge on any atom is 0.229 e. The van der Waals surface area contributed by atoms with Crippen LogP contribution in [0.1, 0.15) is 12.0 Å². The zero-order valence-electron chi connectivity index (χ0n) is 15.2. The molecule has 0 radical (unpaired) electrons. The van der Waals surface area contributed by atoms with Gasteiger partial charge in [0.05, 0.1) is 5.52 Å². The molecule has 0 bridgehead atoms. The van der Waals surface area contributed by atoms with E-state index in [0.29, 0.717) is 32.1 Å². The number of benzene rings is 2. The molecule has 4 rings (SSSR count). The Bertz CT molecular complexity index is 961. The average molecular weight is 366 g/mol. The van der Waals surface area contributed by atoms with Gasteiger partial charge in [0, 0.05) is 29.8 Å². The first-order valence-corrected chi connectivity index (χ1v) is 9.04. The van der Waals surface area contributed by atoms with Crippen molar-refractivity contribution in [2.24, 2.45) is 0 Å². The van der Waals surface area contributed by atoms with E-state index in [1.807, 2.05) is 43.3 Å². The fourth-order valence-electron chi connectivity index (χ4n) is 3.06. The van der Waals surface area contributed by atoms with Crippen molar-refractivity contribution in [2.75, 3.05) is 37.0 Å². The summed E-state index contributed by atoms with van der Waals surface area (Å²) in [5, 5.41) is 16.6. The van der Waals surface area contributed by atoms with Gasteiger partial charge >= 0.3 is 0 Å². The highest BCUT2D eigenvalue weighted by atomic mass is 16.6. The number of fused-ring (bicyclic) bond motifs is 2. The third-order valence-electron chi connectivity index (χ3n) is 4.43. The van der Waals surface area contributed by atoms with Crippen molar-refractivity contribution in [1.82, 2.24) is 9.97 Å². The van der Waals surface area contributed by atoms with Crippen molar-refractivity contribution in [3.63, 3.8) is 0 Å². The van der Waals surface area contributed by atoms with Crippen LogP contribution in [0.3, 0.4) is 0 Å². The van der Waals surface area contributed by atoms with Crippen LogP contribution in [0.2, 0.25) is 0 Å². The number of ether oxygens (including phenoxy) is 2. The fourth-order valence-corrected chi connectivity index (χ4v) is 3.06. The number of nitrogens with zero attached hydrogens (tertiary/aromatic N) is 2. The Morgan fingerprint density at radius 1 is 1.07 bits per heavy atom. The van der Waals surface area contributed by atoms with Gasteiger partial charge in [-0.3, -0.25) is 0 Å². The Labute approximate surface area is 157 Å². The van der Waals surface area contributed by atoms with Crippen LogP contribution in [-0.4, -0.2) is 41.4 Å². The van der Waals surface area contributed by atoms with Gasteiger partial charge in [0.1, 0.15) is 19.0 Å². The molecule has 0 aliphatic carbocycles. The van der Waals surface area contributed by atoms with Crippen LogP contribution < -0.4 is 20.1 Å². The third kappa shape index (κ3) is 3.59. The first kappa shape index (κ1) is 17.4. The molecule has 7 nitrogen and oxygen atoms in total. The number of aromatic nitrogens is 2. The molecule has 3 N–H and O–H groups in total. The quantitative estimate of drug-likeness (QED) is 0.577. The molecule has 3 aromatic rings. The first-order chi connectivity index (χ1) is 13.3. The predicted octanol–water partition coefficient (Wildman–Crippen LogP) is 3.25. The van der Waals surface area contributed by atoms with Crippen LogP contribution in [0.25, 0.3) is 10.9 Å².